The Balaban J connectivity index is 0.923. The first-order valence-electron chi connectivity index (χ1n) is 25.5. The van der Waals surface area contributed by atoms with Crippen molar-refractivity contribution in [3.8, 4) is 67.1 Å². The number of ether oxygens (including phenoxy) is 1. The zero-order valence-electron chi connectivity index (χ0n) is 41.4. The third-order valence-electron chi connectivity index (χ3n) is 16.1. The first-order valence-corrected chi connectivity index (χ1v) is 25.5. The van der Waals surface area contributed by atoms with Gasteiger partial charge in [0.25, 0.3) is 0 Å². The first kappa shape index (κ1) is 42.9. The highest BCUT2D eigenvalue weighted by atomic mass is 16.5. The molecule has 11 aromatic carbocycles. The molecule has 0 amide bonds. The van der Waals surface area contributed by atoms with E-state index in [0.717, 1.165) is 67.5 Å². The van der Waals surface area contributed by atoms with E-state index in [9.17, 15) is 0 Å². The Hall–Kier alpha value is -8.92. The number of nitrogens with zero attached hydrogens (tertiary/aromatic N) is 2. The van der Waals surface area contributed by atoms with E-state index in [2.05, 4.69) is 280 Å². The van der Waals surface area contributed by atoms with Crippen LogP contribution >= 0.6 is 0 Å². The van der Waals surface area contributed by atoms with Gasteiger partial charge < -0.3 is 14.5 Å². The highest BCUT2D eigenvalue weighted by Crippen LogP contribution is 2.57. The van der Waals surface area contributed by atoms with Gasteiger partial charge in [0.1, 0.15) is 5.75 Å². The highest BCUT2D eigenvalue weighted by molar-refractivity contribution is 6.09. The van der Waals surface area contributed by atoms with Crippen LogP contribution in [-0.4, -0.2) is 0 Å². The van der Waals surface area contributed by atoms with E-state index in [1.165, 1.54) is 66.8 Å². The minimum absolute atomic E-state index is 0.148. The molecule has 3 nitrogen and oxygen atoms in total. The standard InChI is InChI=1S/C70H52N2O/c1-69(2)61-24-13-11-21-55(61)57-38-35-53(43-63(57)69)71(50-31-26-47(27-32-50)45-16-7-5-8-17-45)52-37-41-66-60(42-52)59-23-15-20-49-30-40-65(68(73-66)67(49)59)72(51-33-28-48(29-34-51)46-18-9-6-10-19-46)54-36-39-58-56-22-12-14-25-62(56)70(3,4)64(58)44-54/h5-44H,1-4H3. The van der Waals surface area contributed by atoms with Gasteiger partial charge in [-0.1, -0.05) is 198 Å². The Morgan fingerprint density at radius 1 is 0.301 bits per heavy atom. The summed E-state index contributed by atoms with van der Waals surface area (Å²) in [6, 6.07) is 88.9. The molecule has 0 saturated carbocycles. The molecule has 11 aromatic rings. The fourth-order valence-corrected chi connectivity index (χ4v) is 12.3. The third kappa shape index (κ3) is 6.72. The van der Waals surface area contributed by atoms with E-state index < -0.39 is 0 Å². The molecule has 14 rings (SSSR count). The maximum Gasteiger partial charge on any atom is 0.159 e. The summed E-state index contributed by atoms with van der Waals surface area (Å²) in [7, 11) is 0. The van der Waals surface area contributed by atoms with Crippen molar-refractivity contribution in [3.63, 3.8) is 0 Å². The van der Waals surface area contributed by atoms with Gasteiger partial charge in [-0.3, -0.25) is 0 Å². The van der Waals surface area contributed by atoms with Gasteiger partial charge in [0.15, 0.2) is 5.75 Å². The lowest BCUT2D eigenvalue weighted by Crippen LogP contribution is -2.17. The quantitative estimate of drug-likeness (QED) is 0.151. The molecule has 0 unspecified atom stereocenters. The van der Waals surface area contributed by atoms with Gasteiger partial charge in [0.2, 0.25) is 0 Å². The number of hydrogen-bond acceptors (Lipinski definition) is 3. The van der Waals surface area contributed by atoms with Crippen molar-refractivity contribution in [2.45, 2.75) is 38.5 Å². The fraction of sp³-hybridized carbons (Fsp3) is 0.0857. The number of benzene rings is 11. The molecule has 1 heterocycles. The predicted molar refractivity (Wildman–Crippen MR) is 305 cm³/mol. The topological polar surface area (TPSA) is 15.7 Å². The van der Waals surface area contributed by atoms with Crippen molar-refractivity contribution in [1.82, 2.24) is 0 Å². The Bertz CT molecular complexity index is 3980. The molecule has 0 fully saturated rings. The van der Waals surface area contributed by atoms with Crippen LogP contribution < -0.4 is 14.5 Å². The Kier molecular flexibility index (Phi) is 9.59. The average Bonchev–Trinajstić information content (AvgIpc) is 3.81. The summed E-state index contributed by atoms with van der Waals surface area (Å²) in [5, 5.41) is 2.23. The first-order chi connectivity index (χ1) is 35.7. The van der Waals surface area contributed by atoms with Crippen molar-refractivity contribution in [2.24, 2.45) is 0 Å². The number of rotatable bonds is 8. The van der Waals surface area contributed by atoms with Crippen molar-refractivity contribution >= 4 is 44.9 Å². The largest absolute Gasteiger partial charge is 0.454 e. The van der Waals surface area contributed by atoms with E-state index in [4.69, 9.17) is 4.74 Å². The van der Waals surface area contributed by atoms with Gasteiger partial charge >= 0.3 is 0 Å². The van der Waals surface area contributed by atoms with Crippen LogP contribution in [0, 0.1) is 0 Å². The predicted octanol–water partition coefficient (Wildman–Crippen LogP) is 19.5. The van der Waals surface area contributed by atoms with Crippen LogP contribution in [0.4, 0.5) is 34.1 Å². The lowest BCUT2D eigenvalue weighted by Gasteiger charge is -2.32. The molecule has 0 bridgehead atoms. The van der Waals surface area contributed by atoms with Crippen LogP contribution in [0.15, 0.2) is 243 Å². The summed E-state index contributed by atoms with van der Waals surface area (Å²) in [5.74, 6) is 1.67. The van der Waals surface area contributed by atoms with Gasteiger partial charge in [-0.15, -0.1) is 0 Å². The van der Waals surface area contributed by atoms with Crippen LogP contribution in [0.25, 0.3) is 66.4 Å². The van der Waals surface area contributed by atoms with Gasteiger partial charge in [0.05, 0.1) is 5.69 Å². The molecule has 0 spiro atoms. The van der Waals surface area contributed by atoms with Crippen LogP contribution in [0.5, 0.6) is 11.5 Å². The maximum absolute atomic E-state index is 7.36. The second kappa shape index (κ2) is 16.3. The molecular weight excluding hydrogens is 885 g/mol. The van der Waals surface area contributed by atoms with Gasteiger partial charge in [0, 0.05) is 50.2 Å². The Labute approximate surface area is 427 Å². The number of anilines is 6. The highest BCUT2D eigenvalue weighted by Gasteiger charge is 2.38. The van der Waals surface area contributed by atoms with Crippen LogP contribution in [0.3, 0.4) is 0 Å². The van der Waals surface area contributed by atoms with Crippen molar-refractivity contribution in [1.29, 1.82) is 0 Å². The minimum atomic E-state index is -0.165. The molecule has 73 heavy (non-hydrogen) atoms. The summed E-state index contributed by atoms with van der Waals surface area (Å²) in [6.45, 7) is 9.42. The SMILES string of the molecule is CC1(C)c2ccccc2-c2ccc(N(c3ccc(-c4ccccc4)cc3)c3ccc4c(c3)-c3cccc5ccc(N(c6ccc(-c7ccccc7)cc6)c6ccc7c(c6)C(C)(C)c6ccccc6-7)c(c35)O4)cc21. The number of hydrogen-bond donors (Lipinski definition) is 0. The zero-order chi connectivity index (χ0) is 49.0. The van der Waals surface area contributed by atoms with Crippen molar-refractivity contribution in [2.75, 3.05) is 9.80 Å². The lowest BCUT2D eigenvalue weighted by molar-refractivity contribution is 0.488. The third-order valence-corrected chi connectivity index (χ3v) is 16.1. The molecule has 0 radical (unpaired) electrons. The molecule has 0 aromatic heterocycles. The smallest absolute Gasteiger partial charge is 0.159 e. The normalized spacial score (nSPS) is 13.8. The summed E-state index contributed by atoms with van der Waals surface area (Å²) in [4.78, 5) is 4.81. The second-order valence-electron chi connectivity index (χ2n) is 20.9. The van der Waals surface area contributed by atoms with Gasteiger partial charge in [-0.25, -0.2) is 0 Å². The number of fused-ring (bicyclic) bond motifs is 8. The van der Waals surface area contributed by atoms with E-state index in [1.807, 2.05) is 0 Å². The maximum atomic E-state index is 7.36. The van der Waals surface area contributed by atoms with E-state index >= 15 is 0 Å². The summed E-state index contributed by atoms with van der Waals surface area (Å²) in [5.41, 5.74) is 23.6. The minimum Gasteiger partial charge on any atom is -0.454 e. The molecule has 1 aliphatic heterocycles. The van der Waals surface area contributed by atoms with E-state index in [0.29, 0.717) is 0 Å². The molecule has 348 valence electrons. The molecule has 3 aliphatic rings. The summed E-state index contributed by atoms with van der Waals surface area (Å²) >= 11 is 0. The molecule has 0 atom stereocenters. The Morgan fingerprint density at radius 3 is 1.32 bits per heavy atom. The lowest BCUT2D eigenvalue weighted by atomic mass is 9.82. The average molecular weight is 937 g/mol. The van der Waals surface area contributed by atoms with Crippen LogP contribution in [0.2, 0.25) is 0 Å². The molecular formula is C70H52N2O. The van der Waals surface area contributed by atoms with Crippen molar-refractivity contribution in [3.05, 3.63) is 265 Å². The van der Waals surface area contributed by atoms with Gasteiger partial charge in [-0.2, -0.15) is 0 Å². The second-order valence-corrected chi connectivity index (χ2v) is 20.9. The van der Waals surface area contributed by atoms with Crippen LogP contribution in [-0.2, 0) is 10.8 Å². The van der Waals surface area contributed by atoms with E-state index in [-0.39, 0.29) is 10.8 Å². The monoisotopic (exact) mass is 936 g/mol. The molecule has 0 saturated heterocycles. The Morgan fingerprint density at radius 2 is 0.740 bits per heavy atom. The molecule has 2 aliphatic carbocycles. The van der Waals surface area contributed by atoms with Crippen molar-refractivity contribution < 1.29 is 4.74 Å². The van der Waals surface area contributed by atoms with E-state index in [1.54, 1.807) is 0 Å². The zero-order valence-corrected chi connectivity index (χ0v) is 41.4. The summed E-state index contributed by atoms with van der Waals surface area (Å²) < 4.78 is 7.36. The summed E-state index contributed by atoms with van der Waals surface area (Å²) in [6.07, 6.45) is 0. The fourth-order valence-electron chi connectivity index (χ4n) is 12.3. The van der Waals surface area contributed by atoms with Crippen LogP contribution in [0.1, 0.15) is 49.9 Å². The van der Waals surface area contributed by atoms with Gasteiger partial charge in [-0.05, 0) is 151 Å². The molecule has 3 heteroatoms. The molecule has 0 N–H and O–H groups in total.